The third-order valence-electron chi connectivity index (χ3n) is 3.84. The Morgan fingerprint density at radius 1 is 1.28 bits per heavy atom. The fourth-order valence-corrected chi connectivity index (χ4v) is 2.65. The van der Waals surface area contributed by atoms with E-state index in [-0.39, 0.29) is 0 Å². The lowest BCUT2D eigenvalue weighted by Gasteiger charge is -2.28. The van der Waals surface area contributed by atoms with Gasteiger partial charge in [0.15, 0.2) is 0 Å². The van der Waals surface area contributed by atoms with E-state index in [2.05, 4.69) is 14.9 Å². The van der Waals surface area contributed by atoms with Crippen LogP contribution in [0.5, 0.6) is 0 Å². The molecule has 1 fully saturated rings. The van der Waals surface area contributed by atoms with Gasteiger partial charge in [0.2, 0.25) is 0 Å². The minimum Gasteiger partial charge on any atom is -0.381 e. The zero-order valence-corrected chi connectivity index (χ0v) is 11.3. The predicted octanol–water partition coefficient (Wildman–Crippen LogP) is 2.21. The normalized spacial score (nSPS) is 24.3. The summed E-state index contributed by atoms with van der Waals surface area (Å²) in [5.74, 6) is 0. The molecule has 1 aliphatic carbocycles. The summed E-state index contributed by atoms with van der Waals surface area (Å²) in [6.07, 6.45) is 13.7. The average Bonchev–Trinajstić information content (AvgIpc) is 2.92. The molecule has 102 valence electrons. The van der Waals surface area contributed by atoms with Gasteiger partial charge in [0.25, 0.3) is 0 Å². The van der Waals surface area contributed by atoms with E-state index in [1.54, 1.807) is 0 Å². The maximum Gasteiger partial charge on any atom is 0.0945 e. The molecule has 4 nitrogen and oxygen atoms in total. The highest BCUT2D eigenvalue weighted by Gasteiger charge is 2.19. The molecule has 0 unspecified atom stereocenters. The molecule has 0 aromatic carbocycles. The summed E-state index contributed by atoms with van der Waals surface area (Å²) in [5, 5.41) is 3.67. The van der Waals surface area contributed by atoms with Crippen LogP contribution in [-0.2, 0) is 11.3 Å². The minimum absolute atomic E-state index is 0.504. The van der Waals surface area contributed by atoms with Crippen molar-refractivity contribution in [2.75, 3.05) is 13.7 Å². The molecular formula is C14H25N3O. The maximum absolute atomic E-state index is 5.39. The molecule has 1 heterocycles. The van der Waals surface area contributed by atoms with Crippen molar-refractivity contribution < 1.29 is 4.74 Å². The van der Waals surface area contributed by atoms with Gasteiger partial charge in [-0.2, -0.15) is 0 Å². The lowest BCUT2D eigenvalue weighted by molar-refractivity contribution is 0.0625. The van der Waals surface area contributed by atoms with Crippen LogP contribution in [0.2, 0.25) is 0 Å². The number of rotatable bonds is 7. The summed E-state index contributed by atoms with van der Waals surface area (Å²) in [5.41, 5.74) is 0. The number of hydrogen-bond donors (Lipinski definition) is 1. The van der Waals surface area contributed by atoms with Crippen LogP contribution in [0.4, 0.5) is 0 Å². The Bertz CT molecular complexity index is 305. The molecule has 4 heteroatoms. The van der Waals surface area contributed by atoms with Gasteiger partial charge < -0.3 is 14.6 Å². The van der Waals surface area contributed by atoms with Gasteiger partial charge in [0.1, 0.15) is 0 Å². The molecule has 0 aliphatic heterocycles. The second-order valence-corrected chi connectivity index (χ2v) is 5.17. The average molecular weight is 251 g/mol. The first-order valence-electron chi connectivity index (χ1n) is 7.10. The second-order valence-electron chi connectivity index (χ2n) is 5.17. The van der Waals surface area contributed by atoms with Crippen LogP contribution in [0.1, 0.15) is 38.5 Å². The van der Waals surface area contributed by atoms with Crippen LogP contribution >= 0.6 is 0 Å². The smallest absolute Gasteiger partial charge is 0.0945 e. The number of unbranched alkanes of at least 4 members (excludes halogenated alkanes) is 1. The van der Waals surface area contributed by atoms with E-state index in [9.17, 15) is 0 Å². The summed E-state index contributed by atoms with van der Waals surface area (Å²) >= 11 is 0. The SMILES string of the molecule is COC1CCC(NCCCCn2ccnc2)CC1. The van der Waals surface area contributed by atoms with E-state index in [1.165, 1.54) is 38.5 Å². The van der Waals surface area contributed by atoms with E-state index >= 15 is 0 Å². The van der Waals surface area contributed by atoms with Crippen LogP contribution in [0.15, 0.2) is 18.7 Å². The van der Waals surface area contributed by atoms with E-state index < -0.39 is 0 Å². The van der Waals surface area contributed by atoms with Gasteiger partial charge in [0.05, 0.1) is 12.4 Å². The Labute approximate surface area is 110 Å². The van der Waals surface area contributed by atoms with Crippen molar-refractivity contribution in [1.29, 1.82) is 0 Å². The predicted molar refractivity (Wildman–Crippen MR) is 72.5 cm³/mol. The summed E-state index contributed by atoms with van der Waals surface area (Å²) in [4.78, 5) is 4.05. The lowest BCUT2D eigenvalue weighted by Crippen LogP contribution is -2.35. The van der Waals surface area contributed by atoms with Gasteiger partial charge in [-0.3, -0.25) is 0 Å². The zero-order valence-electron chi connectivity index (χ0n) is 11.3. The zero-order chi connectivity index (χ0) is 12.6. The molecule has 1 N–H and O–H groups in total. The van der Waals surface area contributed by atoms with Crippen LogP contribution in [0.25, 0.3) is 0 Å². The summed E-state index contributed by atoms with van der Waals surface area (Å²) in [6.45, 7) is 2.22. The third-order valence-corrected chi connectivity index (χ3v) is 3.84. The Morgan fingerprint density at radius 2 is 2.11 bits per heavy atom. The van der Waals surface area contributed by atoms with Gasteiger partial charge >= 0.3 is 0 Å². The highest BCUT2D eigenvalue weighted by atomic mass is 16.5. The van der Waals surface area contributed by atoms with E-state index in [0.29, 0.717) is 12.1 Å². The van der Waals surface area contributed by atoms with Gasteiger partial charge in [-0.15, -0.1) is 0 Å². The number of aryl methyl sites for hydroxylation is 1. The number of nitrogens with one attached hydrogen (secondary N) is 1. The van der Waals surface area contributed by atoms with E-state index in [0.717, 1.165) is 13.1 Å². The van der Waals surface area contributed by atoms with Crippen molar-refractivity contribution in [3.8, 4) is 0 Å². The van der Waals surface area contributed by atoms with Crippen molar-refractivity contribution >= 4 is 0 Å². The van der Waals surface area contributed by atoms with E-state index in [1.807, 2.05) is 25.8 Å². The number of ether oxygens (including phenoxy) is 1. The third kappa shape index (κ3) is 4.42. The maximum atomic E-state index is 5.39. The molecule has 1 aliphatic rings. The van der Waals surface area contributed by atoms with Crippen LogP contribution in [0, 0.1) is 0 Å². The molecule has 1 aromatic rings. The largest absolute Gasteiger partial charge is 0.381 e. The molecule has 1 aromatic heterocycles. The fraction of sp³-hybridized carbons (Fsp3) is 0.786. The highest BCUT2D eigenvalue weighted by molar-refractivity contribution is 4.77. The summed E-state index contributed by atoms with van der Waals surface area (Å²) < 4.78 is 7.53. The van der Waals surface area contributed by atoms with Crippen molar-refractivity contribution in [2.45, 2.75) is 57.2 Å². The van der Waals surface area contributed by atoms with Crippen LogP contribution < -0.4 is 5.32 Å². The van der Waals surface area contributed by atoms with Gasteiger partial charge in [-0.05, 0) is 45.1 Å². The molecule has 18 heavy (non-hydrogen) atoms. The summed E-state index contributed by atoms with van der Waals surface area (Å²) in [7, 11) is 1.83. The van der Waals surface area contributed by atoms with Crippen molar-refractivity contribution in [2.24, 2.45) is 0 Å². The first-order valence-corrected chi connectivity index (χ1v) is 7.10. The number of aromatic nitrogens is 2. The molecule has 2 rings (SSSR count). The monoisotopic (exact) mass is 251 g/mol. The lowest BCUT2D eigenvalue weighted by atomic mass is 9.93. The summed E-state index contributed by atoms with van der Waals surface area (Å²) in [6, 6.07) is 0.713. The van der Waals surface area contributed by atoms with E-state index in [4.69, 9.17) is 4.74 Å². The first kappa shape index (κ1) is 13.6. The van der Waals surface area contributed by atoms with Gasteiger partial charge in [0, 0.05) is 32.1 Å². The number of nitrogens with zero attached hydrogens (tertiary/aromatic N) is 2. The van der Waals surface area contributed by atoms with Gasteiger partial charge in [-0.1, -0.05) is 0 Å². The van der Waals surface area contributed by atoms with Crippen LogP contribution in [-0.4, -0.2) is 35.4 Å². The van der Waals surface area contributed by atoms with Gasteiger partial charge in [-0.25, -0.2) is 4.98 Å². The number of hydrogen-bond acceptors (Lipinski definition) is 3. The number of imidazole rings is 1. The Balaban J connectivity index is 1.48. The van der Waals surface area contributed by atoms with Crippen LogP contribution in [0.3, 0.4) is 0 Å². The molecule has 0 radical (unpaired) electrons. The Hall–Kier alpha value is -0.870. The number of methoxy groups -OCH3 is 1. The molecule has 0 amide bonds. The molecule has 0 saturated heterocycles. The highest BCUT2D eigenvalue weighted by Crippen LogP contribution is 2.20. The standard InChI is InChI=1S/C14H25N3O/c1-18-14-6-4-13(5-7-14)16-8-2-3-10-17-11-9-15-12-17/h9,11-14,16H,2-8,10H2,1H3. The molecule has 0 bridgehead atoms. The molecular weight excluding hydrogens is 226 g/mol. The Kier molecular flexibility index (Phi) is 5.68. The molecule has 0 atom stereocenters. The van der Waals surface area contributed by atoms with Crippen molar-refractivity contribution in [1.82, 2.24) is 14.9 Å². The minimum atomic E-state index is 0.504. The Morgan fingerprint density at radius 3 is 2.78 bits per heavy atom. The fourth-order valence-electron chi connectivity index (χ4n) is 2.65. The molecule has 0 spiro atoms. The quantitative estimate of drug-likeness (QED) is 0.755. The molecule has 1 saturated carbocycles. The first-order chi connectivity index (χ1) is 8.88. The second kappa shape index (κ2) is 7.54. The topological polar surface area (TPSA) is 39.1 Å². The van der Waals surface area contributed by atoms with Crippen molar-refractivity contribution in [3.05, 3.63) is 18.7 Å². The van der Waals surface area contributed by atoms with Crippen molar-refractivity contribution in [3.63, 3.8) is 0 Å².